The van der Waals surface area contributed by atoms with E-state index in [4.69, 9.17) is 4.74 Å². The number of ether oxygens (including phenoxy) is 1. The Morgan fingerprint density at radius 2 is 1.92 bits per heavy atom. The third kappa shape index (κ3) is 4.05. The number of benzene rings is 2. The van der Waals surface area contributed by atoms with Crippen LogP contribution in [0.1, 0.15) is 22.0 Å². The molecule has 3 rings (SSSR count). The van der Waals surface area contributed by atoms with Crippen molar-refractivity contribution in [2.75, 3.05) is 13.7 Å². The Morgan fingerprint density at radius 1 is 1.20 bits per heavy atom. The van der Waals surface area contributed by atoms with Gasteiger partial charge in [-0.3, -0.25) is 4.79 Å². The average molecular weight is 337 g/mol. The molecule has 0 saturated heterocycles. The number of imidazole rings is 1. The van der Waals surface area contributed by atoms with Crippen LogP contribution >= 0.6 is 0 Å². The lowest BCUT2D eigenvalue weighted by Gasteiger charge is -2.13. The first-order chi connectivity index (χ1) is 12.2. The van der Waals surface area contributed by atoms with Crippen molar-refractivity contribution in [3.05, 3.63) is 78.4 Å². The fraction of sp³-hybridized carbons (Fsp3) is 0.158. The van der Waals surface area contributed by atoms with E-state index in [1.807, 2.05) is 22.9 Å². The van der Waals surface area contributed by atoms with Crippen LogP contribution in [0.2, 0.25) is 0 Å². The number of aromatic nitrogens is 2. The van der Waals surface area contributed by atoms with Crippen molar-refractivity contribution in [3.8, 4) is 11.4 Å². The summed E-state index contributed by atoms with van der Waals surface area (Å²) in [6.45, 7) is 0.133. The van der Waals surface area contributed by atoms with Gasteiger partial charge in [0.15, 0.2) is 0 Å². The lowest BCUT2D eigenvalue weighted by molar-refractivity contribution is 0.0916. The molecule has 0 aliphatic carbocycles. The summed E-state index contributed by atoms with van der Waals surface area (Å²) in [5.41, 5.74) is 2.18. The highest BCUT2D eigenvalue weighted by atomic mass is 16.5. The summed E-state index contributed by atoms with van der Waals surface area (Å²) in [6, 6.07) is 14.3. The Kier molecular flexibility index (Phi) is 5.11. The third-order valence-corrected chi connectivity index (χ3v) is 3.89. The minimum absolute atomic E-state index is 0.133. The molecular weight excluding hydrogens is 318 g/mol. The Hall–Kier alpha value is -3.12. The molecule has 2 N–H and O–H groups in total. The molecule has 0 saturated carbocycles. The van der Waals surface area contributed by atoms with Crippen molar-refractivity contribution in [2.45, 2.75) is 6.10 Å². The molecular formula is C19H19N3O3. The lowest BCUT2D eigenvalue weighted by Crippen LogP contribution is -2.28. The highest BCUT2D eigenvalue weighted by molar-refractivity contribution is 5.94. The Morgan fingerprint density at radius 3 is 2.52 bits per heavy atom. The van der Waals surface area contributed by atoms with Crippen LogP contribution in [0.5, 0.6) is 5.75 Å². The minimum Gasteiger partial charge on any atom is -0.497 e. The van der Waals surface area contributed by atoms with Gasteiger partial charge in [0.2, 0.25) is 0 Å². The van der Waals surface area contributed by atoms with Crippen LogP contribution in [0, 0.1) is 0 Å². The van der Waals surface area contributed by atoms with E-state index in [0.717, 1.165) is 17.0 Å². The van der Waals surface area contributed by atoms with Crippen molar-refractivity contribution < 1.29 is 14.6 Å². The van der Waals surface area contributed by atoms with Crippen molar-refractivity contribution in [3.63, 3.8) is 0 Å². The summed E-state index contributed by atoms with van der Waals surface area (Å²) in [5.74, 6) is 0.489. The molecule has 2 aromatic carbocycles. The van der Waals surface area contributed by atoms with Gasteiger partial charge in [-0.25, -0.2) is 4.98 Å². The molecule has 1 heterocycles. The maximum absolute atomic E-state index is 12.2. The largest absolute Gasteiger partial charge is 0.497 e. The first-order valence-corrected chi connectivity index (χ1v) is 7.86. The van der Waals surface area contributed by atoms with Gasteiger partial charge in [0, 0.05) is 30.2 Å². The maximum atomic E-state index is 12.2. The zero-order valence-electron chi connectivity index (χ0n) is 13.8. The molecule has 1 aromatic heterocycles. The maximum Gasteiger partial charge on any atom is 0.251 e. The van der Waals surface area contributed by atoms with E-state index in [0.29, 0.717) is 5.56 Å². The van der Waals surface area contributed by atoms with Gasteiger partial charge in [0.05, 0.1) is 19.5 Å². The average Bonchev–Trinajstić information content (AvgIpc) is 3.21. The van der Waals surface area contributed by atoms with E-state index in [-0.39, 0.29) is 12.5 Å². The van der Waals surface area contributed by atoms with E-state index < -0.39 is 6.10 Å². The minimum atomic E-state index is -0.778. The second-order valence-corrected chi connectivity index (χ2v) is 5.52. The predicted molar refractivity (Wildman–Crippen MR) is 93.9 cm³/mol. The fourth-order valence-electron chi connectivity index (χ4n) is 2.43. The van der Waals surface area contributed by atoms with Gasteiger partial charge in [0.25, 0.3) is 5.91 Å². The molecule has 0 radical (unpaired) electrons. The predicted octanol–water partition coefficient (Wildman–Crippen LogP) is 2.34. The van der Waals surface area contributed by atoms with Crippen molar-refractivity contribution in [1.29, 1.82) is 0 Å². The molecule has 0 fully saturated rings. The number of methoxy groups -OCH3 is 1. The molecule has 3 aromatic rings. The third-order valence-electron chi connectivity index (χ3n) is 3.89. The van der Waals surface area contributed by atoms with Crippen LogP contribution in [0.4, 0.5) is 0 Å². The molecule has 6 nitrogen and oxygen atoms in total. The van der Waals surface area contributed by atoms with Gasteiger partial charge < -0.3 is 19.7 Å². The number of amides is 1. The number of hydrogen-bond acceptors (Lipinski definition) is 4. The second-order valence-electron chi connectivity index (χ2n) is 5.52. The zero-order chi connectivity index (χ0) is 17.6. The highest BCUT2D eigenvalue weighted by Gasteiger charge is 2.11. The normalized spacial score (nSPS) is 11.8. The lowest BCUT2D eigenvalue weighted by atomic mass is 10.1. The van der Waals surface area contributed by atoms with E-state index in [1.54, 1.807) is 56.0 Å². The molecule has 1 amide bonds. The standard InChI is InChI=1S/C19H19N3O3/c1-25-17-8-4-14(5-9-17)18(23)12-21-19(24)15-2-6-16(7-3-15)22-11-10-20-13-22/h2-11,13,18,23H,12H2,1H3,(H,21,24). The van der Waals surface area contributed by atoms with Crippen LogP contribution < -0.4 is 10.1 Å². The van der Waals surface area contributed by atoms with Gasteiger partial charge in [-0.2, -0.15) is 0 Å². The SMILES string of the molecule is COc1ccc(C(O)CNC(=O)c2ccc(-n3ccnc3)cc2)cc1. The molecule has 128 valence electrons. The molecule has 25 heavy (non-hydrogen) atoms. The van der Waals surface area contributed by atoms with Gasteiger partial charge in [-0.15, -0.1) is 0 Å². The van der Waals surface area contributed by atoms with E-state index in [2.05, 4.69) is 10.3 Å². The van der Waals surface area contributed by atoms with Crippen molar-refractivity contribution in [2.24, 2.45) is 0 Å². The number of hydrogen-bond donors (Lipinski definition) is 2. The number of nitrogens with one attached hydrogen (secondary N) is 1. The Balaban J connectivity index is 1.58. The van der Waals surface area contributed by atoms with Gasteiger partial charge >= 0.3 is 0 Å². The van der Waals surface area contributed by atoms with Crippen molar-refractivity contribution >= 4 is 5.91 Å². The van der Waals surface area contributed by atoms with Crippen molar-refractivity contribution in [1.82, 2.24) is 14.9 Å². The summed E-state index contributed by atoms with van der Waals surface area (Å²) in [7, 11) is 1.59. The molecule has 0 aliphatic rings. The summed E-state index contributed by atoms with van der Waals surface area (Å²) in [4.78, 5) is 16.2. The van der Waals surface area contributed by atoms with Gasteiger partial charge in [0.1, 0.15) is 5.75 Å². The summed E-state index contributed by atoms with van der Waals surface area (Å²) < 4.78 is 6.94. The number of carbonyl (C=O) groups excluding carboxylic acids is 1. The zero-order valence-corrected chi connectivity index (χ0v) is 13.8. The molecule has 0 bridgehead atoms. The summed E-state index contributed by atoms with van der Waals surface area (Å²) >= 11 is 0. The van der Waals surface area contributed by atoms with E-state index in [1.165, 1.54) is 0 Å². The second kappa shape index (κ2) is 7.63. The molecule has 1 atom stereocenters. The topological polar surface area (TPSA) is 76.4 Å². The fourth-order valence-corrected chi connectivity index (χ4v) is 2.43. The van der Waals surface area contributed by atoms with Crippen LogP contribution in [0.15, 0.2) is 67.3 Å². The number of aliphatic hydroxyl groups is 1. The quantitative estimate of drug-likeness (QED) is 0.724. The summed E-state index contributed by atoms with van der Waals surface area (Å²) in [6.07, 6.45) is 4.45. The van der Waals surface area contributed by atoms with Gasteiger partial charge in [-0.1, -0.05) is 12.1 Å². The highest BCUT2D eigenvalue weighted by Crippen LogP contribution is 2.17. The van der Waals surface area contributed by atoms with E-state index >= 15 is 0 Å². The number of aliphatic hydroxyl groups excluding tert-OH is 1. The van der Waals surface area contributed by atoms with Gasteiger partial charge in [-0.05, 0) is 42.0 Å². The van der Waals surface area contributed by atoms with Crippen LogP contribution in [-0.4, -0.2) is 34.2 Å². The first kappa shape index (κ1) is 16.7. The first-order valence-electron chi connectivity index (χ1n) is 7.86. The van der Waals surface area contributed by atoms with Crippen LogP contribution in [0.25, 0.3) is 5.69 Å². The number of nitrogens with zero attached hydrogens (tertiary/aromatic N) is 2. The smallest absolute Gasteiger partial charge is 0.251 e. The number of carbonyl (C=O) groups is 1. The Bertz CT molecular complexity index is 812. The van der Waals surface area contributed by atoms with E-state index in [9.17, 15) is 9.90 Å². The molecule has 0 spiro atoms. The summed E-state index contributed by atoms with van der Waals surface area (Å²) in [5, 5.41) is 12.9. The monoisotopic (exact) mass is 337 g/mol. The number of rotatable bonds is 6. The molecule has 6 heteroatoms. The molecule has 1 unspecified atom stereocenters. The molecule has 0 aliphatic heterocycles. The van der Waals surface area contributed by atoms with Crippen LogP contribution in [0.3, 0.4) is 0 Å². The van der Waals surface area contributed by atoms with Crippen LogP contribution in [-0.2, 0) is 0 Å². The Labute approximate surface area is 145 Å².